The summed E-state index contributed by atoms with van der Waals surface area (Å²) >= 11 is 0. The van der Waals surface area contributed by atoms with Gasteiger partial charge in [0.1, 0.15) is 11.8 Å². The summed E-state index contributed by atoms with van der Waals surface area (Å²) in [6, 6.07) is 0. The molecule has 7 heteroatoms. The van der Waals surface area contributed by atoms with Crippen molar-refractivity contribution >= 4 is 11.9 Å². The van der Waals surface area contributed by atoms with Crippen LogP contribution in [-0.2, 0) is 9.53 Å². The van der Waals surface area contributed by atoms with Gasteiger partial charge >= 0.3 is 5.97 Å². The Morgan fingerprint density at radius 3 is 2.95 bits per heavy atom. The van der Waals surface area contributed by atoms with E-state index in [1.807, 2.05) is 0 Å². The van der Waals surface area contributed by atoms with Crippen LogP contribution in [0.4, 0.5) is 0 Å². The fraction of sp³-hybridized carbons (Fsp3) is 0.643. The predicted molar refractivity (Wildman–Crippen MR) is 71.0 cm³/mol. The number of likely N-dealkylation sites (tertiary alicyclic amines) is 1. The number of nitrogens with zero attached hydrogens (tertiary/aromatic N) is 2. The summed E-state index contributed by atoms with van der Waals surface area (Å²) in [6.45, 7) is 0.391. The van der Waals surface area contributed by atoms with Gasteiger partial charge in [-0.3, -0.25) is 4.79 Å². The van der Waals surface area contributed by atoms with Crippen molar-refractivity contribution in [2.75, 3.05) is 20.3 Å². The van der Waals surface area contributed by atoms with Gasteiger partial charge in [-0.25, -0.2) is 4.79 Å². The first-order valence-corrected chi connectivity index (χ1v) is 7.09. The second-order valence-corrected chi connectivity index (χ2v) is 5.72. The van der Waals surface area contributed by atoms with E-state index >= 15 is 0 Å². The molecule has 114 valence electrons. The highest BCUT2D eigenvalue weighted by molar-refractivity contribution is 5.99. The number of aromatic nitrogens is 1. The van der Waals surface area contributed by atoms with E-state index in [0.29, 0.717) is 30.6 Å². The molecule has 1 N–H and O–H groups in total. The van der Waals surface area contributed by atoms with Crippen LogP contribution < -0.4 is 0 Å². The molecule has 2 heterocycles. The van der Waals surface area contributed by atoms with E-state index in [2.05, 4.69) is 5.16 Å². The van der Waals surface area contributed by atoms with Crippen LogP contribution in [-0.4, -0.2) is 52.8 Å². The van der Waals surface area contributed by atoms with Gasteiger partial charge in [-0.15, -0.1) is 0 Å². The molecule has 7 nitrogen and oxygen atoms in total. The minimum Gasteiger partial charge on any atom is -0.479 e. The van der Waals surface area contributed by atoms with E-state index in [9.17, 15) is 14.7 Å². The zero-order chi connectivity index (χ0) is 15.0. The number of amides is 1. The van der Waals surface area contributed by atoms with Crippen LogP contribution >= 0.6 is 0 Å². The van der Waals surface area contributed by atoms with Gasteiger partial charge in [-0.05, 0) is 25.7 Å². The Labute approximate surface area is 121 Å². The lowest BCUT2D eigenvalue weighted by Gasteiger charge is -2.33. The number of aliphatic carboxylic acids is 1. The third-order valence-electron chi connectivity index (χ3n) is 4.31. The first-order valence-electron chi connectivity index (χ1n) is 7.09. The maximum absolute atomic E-state index is 12.8. The number of hydrogen-bond donors (Lipinski definition) is 1. The summed E-state index contributed by atoms with van der Waals surface area (Å²) in [5, 5.41) is 13.5. The van der Waals surface area contributed by atoms with Gasteiger partial charge < -0.3 is 19.3 Å². The first kappa shape index (κ1) is 14.1. The highest BCUT2D eigenvalue weighted by Gasteiger charge is 2.51. The fourth-order valence-electron chi connectivity index (χ4n) is 3.05. The van der Waals surface area contributed by atoms with E-state index in [0.717, 1.165) is 12.8 Å². The summed E-state index contributed by atoms with van der Waals surface area (Å²) in [7, 11) is 1.45. The lowest BCUT2D eigenvalue weighted by molar-refractivity contribution is -0.151. The molecule has 0 radical (unpaired) electrons. The van der Waals surface area contributed by atoms with Gasteiger partial charge in [0, 0.05) is 19.6 Å². The minimum absolute atomic E-state index is 0.0158. The highest BCUT2D eigenvalue weighted by atomic mass is 16.5. The Bertz CT molecular complexity index is 565. The van der Waals surface area contributed by atoms with Crippen LogP contribution in [0.2, 0.25) is 0 Å². The Balaban J connectivity index is 1.92. The van der Waals surface area contributed by atoms with Gasteiger partial charge in [-0.2, -0.15) is 0 Å². The normalized spacial score (nSPS) is 25.3. The van der Waals surface area contributed by atoms with Gasteiger partial charge in [0.2, 0.25) is 0 Å². The molecule has 1 saturated carbocycles. The summed E-state index contributed by atoms with van der Waals surface area (Å²) < 4.78 is 10.0. The number of carbonyl (C=O) groups excluding carboxylic acids is 1. The second-order valence-electron chi connectivity index (χ2n) is 5.72. The molecule has 1 saturated heterocycles. The van der Waals surface area contributed by atoms with Gasteiger partial charge in [0.15, 0.2) is 5.54 Å². The molecule has 0 aromatic carbocycles. The van der Waals surface area contributed by atoms with E-state index in [4.69, 9.17) is 9.26 Å². The third kappa shape index (κ3) is 2.21. The number of hydrogen-bond acceptors (Lipinski definition) is 5. The van der Waals surface area contributed by atoms with Crippen LogP contribution in [0.5, 0.6) is 0 Å². The lowest BCUT2D eigenvalue weighted by Crippen LogP contribution is -2.56. The van der Waals surface area contributed by atoms with Crippen molar-refractivity contribution < 1.29 is 24.0 Å². The van der Waals surface area contributed by atoms with E-state index in [1.54, 1.807) is 0 Å². The molecule has 0 bridgehead atoms. The molecule has 2 fully saturated rings. The van der Waals surface area contributed by atoms with Crippen molar-refractivity contribution in [3.05, 3.63) is 17.5 Å². The number of carbonyl (C=O) groups is 2. The van der Waals surface area contributed by atoms with Crippen molar-refractivity contribution in [3.8, 4) is 0 Å². The topological polar surface area (TPSA) is 92.9 Å². The standard InChI is InChI=1S/C14H18N2O5/c1-20-8-14(13(18)19)5-2-6-16(14)12(17)10-7-21-15-11(10)9-3-4-9/h7,9H,2-6,8H2,1H3,(H,18,19). The van der Waals surface area contributed by atoms with E-state index in [-0.39, 0.29) is 18.4 Å². The molecule has 1 aromatic rings. The molecule has 2 aliphatic rings. The Hall–Kier alpha value is -1.89. The quantitative estimate of drug-likeness (QED) is 0.878. The smallest absolute Gasteiger partial charge is 0.332 e. The highest BCUT2D eigenvalue weighted by Crippen LogP contribution is 2.42. The number of ether oxygens (including phenoxy) is 1. The van der Waals surface area contributed by atoms with Crippen molar-refractivity contribution in [1.82, 2.24) is 10.1 Å². The largest absolute Gasteiger partial charge is 0.479 e. The average Bonchev–Trinajstić information content (AvgIpc) is 3.02. The second kappa shape index (κ2) is 5.14. The van der Waals surface area contributed by atoms with Crippen LogP contribution in [0.1, 0.15) is 47.7 Å². The number of rotatable bonds is 5. The van der Waals surface area contributed by atoms with Crippen LogP contribution in [0.25, 0.3) is 0 Å². The molecular weight excluding hydrogens is 276 g/mol. The van der Waals surface area contributed by atoms with Gasteiger partial charge in [0.05, 0.1) is 12.3 Å². The van der Waals surface area contributed by atoms with Crippen molar-refractivity contribution in [1.29, 1.82) is 0 Å². The molecule has 0 spiro atoms. The molecule has 1 atom stereocenters. The number of methoxy groups -OCH3 is 1. The molecule has 1 unspecified atom stereocenters. The fourth-order valence-corrected chi connectivity index (χ4v) is 3.05. The van der Waals surface area contributed by atoms with E-state index < -0.39 is 11.5 Å². The predicted octanol–water partition coefficient (Wildman–Crippen LogP) is 1.26. The third-order valence-corrected chi connectivity index (χ3v) is 4.31. The molecule has 1 aliphatic heterocycles. The molecule has 1 aromatic heterocycles. The van der Waals surface area contributed by atoms with Crippen LogP contribution in [0.3, 0.4) is 0 Å². The molecular formula is C14H18N2O5. The zero-order valence-electron chi connectivity index (χ0n) is 11.9. The van der Waals surface area contributed by atoms with Crippen molar-refractivity contribution in [2.24, 2.45) is 0 Å². The molecule has 1 amide bonds. The summed E-state index contributed by atoms with van der Waals surface area (Å²) in [5.74, 6) is -1.08. The molecule has 3 rings (SSSR count). The first-order chi connectivity index (χ1) is 10.1. The number of carboxylic acids is 1. The zero-order valence-corrected chi connectivity index (χ0v) is 11.9. The average molecular weight is 294 g/mol. The summed E-state index contributed by atoms with van der Waals surface area (Å²) in [4.78, 5) is 25.9. The summed E-state index contributed by atoms with van der Waals surface area (Å²) in [6.07, 6.45) is 4.36. The Morgan fingerprint density at radius 2 is 2.33 bits per heavy atom. The molecule has 21 heavy (non-hydrogen) atoms. The SMILES string of the molecule is COCC1(C(=O)O)CCCN1C(=O)c1conc1C1CC1. The number of carboxylic acid groups (broad SMARTS) is 1. The maximum atomic E-state index is 12.8. The van der Waals surface area contributed by atoms with Crippen molar-refractivity contribution in [2.45, 2.75) is 37.1 Å². The summed E-state index contributed by atoms with van der Waals surface area (Å²) in [5.41, 5.74) is -0.242. The lowest BCUT2D eigenvalue weighted by atomic mass is 9.96. The van der Waals surface area contributed by atoms with Crippen molar-refractivity contribution in [3.63, 3.8) is 0 Å². The Morgan fingerprint density at radius 1 is 1.57 bits per heavy atom. The monoisotopic (exact) mass is 294 g/mol. The Kier molecular flexibility index (Phi) is 3.44. The van der Waals surface area contributed by atoms with E-state index in [1.165, 1.54) is 18.3 Å². The maximum Gasteiger partial charge on any atom is 0.332 e. The van der Waals surface area contributed by atoms with Gasteiger partial charge in [0.25, 0.3) is 5.91 Å². The van der Waals surface area contributed by atoms with Gasteiger partial charge in [-0.1, -0.05) is 5.16 Å². The molecule has 1 aliphatic carbocycles. The van der Waals surface area contributed by atoms with Crippen LogP contribution in [0, 0.1) is 0 Å². The van der Waals surface area contributed by atoms with Crippen LogP contribution in [0.15, 0.2) is 10.8 Å². The minimum atomic E-state index is -1.29.